The van der Waals surface area contributed by atoms with E-state index in [-0.39, 0.29) is 22.5 Å². The highest BCUT2D eigenvalue weighted by Crippen LogP contribution is 2.38. The van der Waals surface area contributed by atoms with Gasteiger partial charge in [0.2, 0.25) is 6.04 Å². The lowest BCUT2D eigenvalue weighted by Crippen LogP contribution is -2.38. The van der Waals surface area contributed by atoms with Crippen molar-refractivity contribution in [2.75, 3.05) is 0 Å². The minimum absolute atomic E-state index is 0.155. The zero-order valence-corrected chi connectivity index (χ0v) is 11.1. The maximum absolute atomic E-state index is 12.2. The molecule has 1 aliphatic rings. The molecule has 1 saturated carbocycles. The monoisotopic (exact) mass is 261 g/mol. The van der Waals surface area contributed by atoms with Crippen molar-refractivity contribution in [3.05, 3.63) is 46.0 Å². The normalized spacial score (nSPS) is 25.0. The van der Waals surface area contributed by atoms with Crippen LogP contribution in [0.2, 0.25) is 0 Å². The third-order valence-electron chi connectivity index (χ3n) is 4.08. The molecular formula is C15H19NO3. The second-order valence-corrected chi connectivity index (χ2v) is 5.17. The van der Waals surface area contributed by atoms with Crippen molar-refractivity contribution in [3.8, 4) is 0 Å². The molecule has 3 atom stereocenters. The predicted octanol–water partition coefficient (Wildman–Crippen LogP) is 3.19. The van der Waals surface area contributed by atoms with Crippen LogP contribution in [-0.4, -0.2) is 16.7 Å². The zero-order valence-electron chi connectivity index (χ0n) is 11.1. The third-order valence-corrected chi connectivity index (χ3v) is 4.08. The van der Waals surface area contributed by atoms with E-state index >= 15 is 0 Å². The van der Waals surface area contributed by atoms with Gasteiger partial charge in [-0.15, -0.1) is 0 Å². The quantitative estimate of drug-likeness (QED) is 0.617. The molecule has 19 heavy (non-hydrogen) atoms. The fourth-order valence-electron chi connectivity index (χ4n) is 3.19. The van der Waals surface area contributed by atoms with E-state index in [4.69, 9.17) is 0 Å². The largest absolute Gasteiger partial charge is 0.299 e. The average Bonchev–Trinajstić information content (AvgIpc) is 2.40. The van der Waals surface area contributed by atoms with E-state index in [9.17, 15) is 14.9 Å². The molecule has 4 nitrogen and oxygen atoms in total. The Morgan fingerprint density at radius 1 is 1.37 bits per heavy atom. The number of benzene rings is 1. The van der Waals surface area contributed by atoms with Crippen LogP contribution in [0.25, 0.3) is 0 Å². The molecule has 0 aromatic heterocycles. The number of hydrogen-bond acceptors (Lipinski definition) is 3. The van der Waals surface area contributed by atoms with Gasteiger partial charge in [-0.25, -0.2) is 0 Å². The molecule has 0 amide bonds. The maximum Gasteiger partial charge on any atom is 0.216 e. The molecule has 0 unspecified atom stereocenters. The van der Waals surface area contributed by atoms with Gasteiger partial charge in [-0.05, 0) is 18.4 Å². The van der Waals surface area contributed by atoms with Gasteiger partial charge in [0, 0.05) is 23.7 Å². The number of nitrogens with zero attached hydrogens (tertiary/aromatic N) is 1. The minimum Gasteiger partial charge on any atom is -0.299 e. The molecule has 0 spiro atoms. The van der Waals surface area contributed by atoms with Gasteiger partial charge in [0.1, 0.15) is 5.78 Å². The summed E-state index contributed by atoms with van der Waals surface area (Å²) in [6.45, 7) is 1.83. The lowest BCUT2D eigenvalue weighted by molar-refractivity contribution is -0.533. The van der Waals surface area contributed by atoms with Crippen molar-refractivity contribution in [2.24, 2.45) is 5.92 Å². The Morgan fingerprint density at radius 3 is 2.63 bits per heavy atom. The highest BCUT2D eigenvalue weighted by molar-refractivity contribution is 5.86. The molecule has 1 fully saturated rings. The van der Waals surface area contributed by atoms with Crippen LogP contribution in [0.3, 0.4) is 0 Å². The van der Waals surface area contributed by atoms with E-state index in [2.05, 4.69) is 0 Å². The van der Waals surface area contributed by atoms with E-state index in [0.717, 1.165) is 18.4 Å². The van der Waals surface area contributed by atoms with E-state index in [1.807, 2.05) is 37.3 Å². The molecule has 1 aliphatic carbocycles. The first-order valence-corrected chi connectivity index (χ1v) is 6.86. The van der Waals surface area contributed by atoms with Gasteiger partial charge >= 0.3 is 0 Å². The molecule has 0 N–H and O–H groups in total. The Labute approximate surface area is 113 Å². The van der Waals surface area contributed by atoms with E-state index < -0.39 is 6.04 Å². The molecule has 0 aliphatic heterocycles. The molecule has 1 aromatic carbocycles. The van der Waals surface area contributed by atoms with E-state index in [1.165, 1.54) is 0 Å². The molecule has 0 heterocycles. The Balaban J connectivity index is 2.34. The SMILES string of the molecule is CC[C@@H]([C@@H]1CCCC(=O)[C@H]1c1ccccc1)[N+](=O)[O-]. The van der Waals surface area contributed by atoms with Gasteiger partial charge in [-0.1, -0.05) is 37.3 Å². The number of ketones is 1. The second-order valence-electron chi connectivity index (χ2n) is 5.17. The molecule has 0 radical (unpaired) electrons. The molecule has 0 saturated heterocycles. The van der Waals surface area contributed by atoms with Gasteiger partial charge in [-0.3, -0.25) is 14.9 Å². The van der Waals surface area contributed by atoms with Gasteiger partial charge in [0.15, 0.2) is 0 Å². The molecule has 2 rings (SSSR count). The van der Waals surface area contributed by atoms with Crippen LogP contribution in [-0.2, 0) is 4.79 Å². The topological polar surface area (TPSA) is 60.2 Å². The first kappa shape index (κ1) is 13.7. The lowest BCUT2D eigenvalue weighted by atomic mass is 9.71. The summed E-state index contributed by atoms with van der Waals surface area (Å²) in [4.78, 5) is 23.2. The number of rotatable bonds is 4. The van der Waals surface area contributed by atoms with Gasteiger partial charge in [-0.2, -0.15) is 0 Å². The van der Waals surface area contributed by atoms with Crippen molar-refractivity contribution in [1.82, 2.24) is 0 Å². The molecule has 102 valence electrons. The molecule has 4 heteroatoms. The van der Waals surface area contributed by atoms with Crippen molar-refractivity contribution in [1.29, 1.82) is 0 Å². The first-order chi connectivity index (χ1) is 9.15. The Kier molecular flexibility index (Phi) is 4.30. The number of Topliss-reactive ketones (excluding diaryl/α,β-unsaturated/α-hetero) is 1. The summed E-state index contributed by atoms with van der Waals surface area (Å²) in [5.74, 6) is -0.309. The van der Waals surface area contributed by atoms with Crippen LogP contribution in [0.5, 0.6) is 0 Å². The van der Waals surface area contributed by atoms with Crippen molar-refractivity contribution >= 4 is 5.78 Å². The second kappa shape index (κ2) is 5.95. The summed E-state index contributed by atoms with van der Waals surface area (Å²) in [5.41, 5.74) is 0.928. The third kappa shape index (κ3) is 2.83. The summed E-state index contributed by atoms with van der Waals surface area (Å²) >= 11 is 0. The Bertz CT molecular complexity index is 458. The van der Waals surface area contributed by atoms with Crippen molar-refractivity contribution in [2.45, 2.75) is 44.6 Å². The fraction of sp³-hybridized carbons (Fsp3) is 0.533. The maximum atomic E-state index is 12.2. The van der Waals surface area contributed by atoms with Crippen LogP contribution in [0.15, 0.2) is 30.3 Å². The highest BCUT2D eigenvalue weighted by atomic mass is 16.6. The van der Waals surface area contributed by atoms with E-state index in [0.29, 0.717) is 12.8 Å². The van der Waals surface area contributed by atoms with Crippen LogP contribution >= 0.6 is 0 Å². The first-order valence-electron chi connectivity index (χ1n) is 6.86. The van der Waals surface area contributed by atoms with Gasteiger partial charge in [0.25, 0.3) is 0 Å². The molecule has 0 bridgehead atoms. The number of hydrogen-bond donors (Lipinski definition) is 0. The molecular weight excluding hydrogens is 242 g/mol. The van der Waals surface area contributed by atoms with Crippen LogP contribution < -0.4 is 0 Å². The summed E-state index contributed by atoms with van der Waals surface area (Å²) in [6, 6.07) is 8.88. The van der Waals surface area contributed by atoms with Crippen LogP contribution in [0.4, 0.5) is 0 Å². The van der Waals surface area contributed by atoms with Crippen molar-refractivity contribution in [3.63, 3.8) is 0 Å². The summed E-state index contributed by atoms with van der Waals surface area (Å²) in [5, 5.41) is 11.2. The summed E-state index contributed by atoms with van der Waals surface area (Å²) in [7, 11) is 0. The Hall–Kier alpha value is -1.71. The lowest BCUT2D eigenvalue weighted by Gasteiger charge is -2.32. The predicted molar refractivity (Wildman–Crippen MR) is 72.6 cm³/mol. The molecule has 1 aromatic rings. The average molecular weight is 261 g/mol. The van der Waals surface area contributed by atoms with E-state index in [1.54, 1.807) is 0 Å². The summed E-state index contributed by atoms with van der Waals surface area (Å²) in [6.07, 6.45) is 2.57. The smallest absolute Gasteiger partial charge is 0.216 e. The van der Waals surface area contributed by atoms with Crippen molar-refractivity contribution < 1.29 is 9.72 Å². The fourth-order valence-corrected chi connectivity index (χ4v) is 3.19. The van der Waals surface area contributed by atoms with Gasteiger partial charge in [0.05, 0.1) is 5.92 Å². The van der Waals surface area contributed by atoms with Crippen LogP contribution in [0, 0.1) is 16.0 Å². The zero-order chi connectivity index (χ0) is 13.8. The Morgan fingerprint density at radius 2 is 2.05 bits per heavy atom. The van der Waals surface area contributed by atoms with Crippen LogP contribution in [0.1, 0.15) is 44.1 Å². The number of nitro groups is 1. The minimum atomic E-state index is -0.616. The number of carbonyl (C=O) groups excluding carboxylic acids is 1. The summed E-state index contributed by atoms with van der Waals surface area (Å²) < 4.78 is 0. The van der Waals surface area contributed by atoms with Gasteiger partial charge < -0.3 is 0 Å². The standard InChI is InChI=1S/C15H19NO3/c1-2-13(16(18)19)12-9-6-10-14(17)15(12)11-7-4-3-5-8-11/h3-5,7-8,12-13,15H,2,6,9-10H2,1H3/t12-,13-,15-/m0/s1. The number of carbonyl (C=O) groups is 1. The highest BCUT2D eigenvalue weighted by Gasteiger charge is 2.42.